The Morgan fingerprint density at radius 3 is 2.80 bits per heavy atom. The molecule has 0 amide bonds. The second-order valence-corrected chi connectivity index (χ2v) is 7.32. The second kappa shape index (κ2) is 6.44. The first-order valence-corrected chi connectivity index (χ1v) is 8.45. The van der Waals surface area contributed by atoms with Crippen LogP contribution in [-0.4, -0.2) is 29.7 Å². The molecular formula is C11H17N5O2S2. The molecular weight excluding hydrogens is 298 g/mol. The highest BCUT2D eigenvalue weighted by molar-refractivity contribution is 7.91. The zero-order valence-corrected chi connectivity index (χ0v) is 13.0. The smallest absolute Gasteiger partial charge is 0.250 e. The second-order valence-electron chi connectivity index (χ2n) is 4.16. The lowest BCUT2D eigenvalue weighted by Gasteiger charge is -2.02. The molecule has 9 heteroatoms. The zero-order chi connectivity index (χ0) is 14.6. The maximum Gasteiger partial charge on any atom is 0.250 e. The van der Waals surface area contributed by atoms with Crippen LogP contribution in [0.25, 0.3) is 0 Å². The van der Waals surface area contributed by atoms with E-state index in [9.17, 15) is 8.42 Å². The van der Waals surface area contributed by atoms with E-state index in [0.717, 1.165) is 11.4 Å². The van der Waals surface area contributed by atoms with Crippen LogP contribution in [0.15, 0.2) is 22.7 Å². The average molecular weight is 315 g/mol. The lowest BCUT2D eigenvalue weighted by Crippen LogP contribution is -2.23. The van der Waals surface area contributed by atoms with Crippen LogP contribution in [0.5, 0.6) is 0 Å². The van der Waals surface area contributed by atoms with Crippen molar-refractivity contribution in [3.8, 4) is 0 Å². The number of nitrogens with one attached hydrogen (secondary N) is 2. The van der Waals surface area contributed by atoms with Crippen LogP contribution in [0.3, 0.4) is 0 Å². The average Bonchev–Trinajstić information content (AvgIpc) is 3.03. The van der Waals surface area contributed by atoms with Crippen molar-refractivity contribution in [2.24, 2.45) is 7.05 Å². The van der Waals surface area contributed by atoms with Crippen molar-refractivity contribution in [1.29, 1.82) is 0 Å². The maximum absolute atomic E-state index is 12.1. The van der Waals surface area contributed by atoms with E-state index in [1.807, 2.05) is 13.0 Å². The van der Waals surface area contributed by atoms with E-state index in [0.29, 0.717) is 16.6 Å². The van der Waals surface area contributed by atoms with Gasteiger partial charge in [0.25, 0.3) is 0 Å². The molecule has 0 fully saturated rings. The van der Waals surface area contributed by atoms with Crippen molar-refractivity contribution in [2.45, 2.75) is 24.2 Å². The van der Waals surface area contributed by atoms with Crippen LogP contribution in [0.4, 0.5) is 0 Å². The van der Waals surface area contributed by atoms with E-state index in [2.05, 4.69) is 20.1 Å². The van der Waals surface area contributed by atoms with E-state index in [1.54, 1.807) is 13.1 Å². The van der Waals surface area contributed by atoms with Gasteiger partial charge in [-0.3, -0.25) is 4.68 Å². The van der Waals surface area contributed by atoms with Gasteiger partial charge < -0.3 is 5.32 Å². The summed E-state index contributed by atoms with van der Waals surface area (Å²) in [5.41, 5.74) is 0. The molecule has 2 aromatic rings. The fraction of sp³-hybridized carbons (Fsp3) is 0.455. The minimum atomic E-state index is -3.50. The van der Waals surface area contributed by atoms with Crippen LogP contribution in [0, 0.1) is 0 Å². The van der Waals surface area contributed by atoms with Crippen molar-refractivity contribution in [3.05, 3.63) is 29.2 Å². The molecule has 0 saturated carbocycles. The monoisotopic (exact) mass is 315 g/mol. The number of rotatable bonds is 7. The third-order valence-corrected chi connectivity index (χ3v) is 5.50. The first-order valence-electron chi connectivity index (χ1n) is 6.15. The highest BCUT2D eigenvalue weighted by Crippen LogP contribution is 2.21. The number of aryl methyl sites for hydroxylation is 1. The lowest BCUT2D eigenvalue weighted by atomic mass is 10.4. The SMILES string of the molecule is CCNCc1ccc(S(=O)(=O)NCc2ncn(C)n2)s1. The Hall–Kier alpha value is -1.29. The maximum atomic E-state index is 12.1. The van der Waals surface area contributed by atoms with E-state index in [4.69, 9.17) is 0 Å². The Bertz CT molecular complexity index is 662. The van der Waals surface area contributed by atoms with Gasteiger partial charge in [-0.2, -0.15) is 5.10 Å². The molecule has 2 aromatic heterocycles. The molecule has 0 aliphatic heterocycles. The molecule has 2 N–H and O–H groups in total. The third kappa shape index (κ3) is 3.85. The fourth-order valence-corrected chi connectivity index (χ4v) is 3.89. The van der Waals surface area contributed by atoms with Crippen LogP contribution >= 0.6 is 11.3 Å². The molecule has 0 aliphatic carbocycles. The molecule has 2 heterocycles. The van der Waals surface area contributed by atoms with Gasteiger partial charge in [0, 0.05) is 18.5 Å². The number of sulfonamides is 1. The number of aromatic nitrogens is 3. The minimum absolute atomic E-state index is 0.0869. The van der Waals surface area contributed by atoms with Gasteiger partial charge in [-0.1, -0.05) is 6.92 Å². The molecule has 110 valence electrons. The first-order chi connectivity index (χ1) is 9.51. The summed E-state index contributed by atoms with van der Waals surface area (Å²) < 4.78 is 28.6. The lowest BCUT2D eigenvalue weighted by molar-refractivity contribution is 0.580. The van der Waals surface area contributed by atoms with Crippen LogP contribution in [-0.2, 0) is 30.2 Å². The van der Waals surface area contributed by atoms with Crippen molar-refractivity contribution >= 4 is 21.4 Å². The van der Waals surface area contributed by atoms with Gasteiger partial charge in [0.15, 0.2) is 5.82 Å². The molecule has 0 aliphatic rings. The summed E-state index contributed by atoms with van der Waals surface area (Å²) in [6, 6.07) is 3.44. The third-order valence-electron chi connectivity index (χ3n) is 2.52. The van der Waals surface area contributed by atoms with E-state index in [-0.39, 0.29) is 6.54 Å². The number of thiophene rings is 1. The molecule has 0 saturated heterocycles. The molecule has 20 heavy (non-hydrogen) atoms. The quantitative estimate of drug-likeness (QED) is 0.775. The Kier molecular flexibility index (Phi) is 4.86. The van der Waals surface area contributed by atoms with Gasteiger partial charge in [-0.15, -0.1) is 11.3 Å². The molecule has 2 rings (SSSR count). The van der Waals surface area contributed by atoms with Gasteiger partial charge in [0.05, 0.1) is 6.54 Å². The summed E-state index contributed by atoms with van der Waals surface area (Å²) in [4.78, 5) is 4.97. The summed E-state index contributed by atoms with van der Waals surface area (Å²) >= 11 is 1.26. The predicted molar refractivity (Wildman–Crippen MR) is 76.7 cm³/mol. The Labute approximate surface area is 122 Å². The number of hydrogen-bond acceptors (Lipinski definition) is 6. The number of hydrogen-bond donors (Lipinski definition) is 2. The van der Waals surface area contributed by atoms with Crippen molar-refractivity contribution < 1.29 is 8.42 Å². The van der Waals surface area contributed by atoms with Gasteiger partial charge in [0.1, 0.15) is 10.5 Å². The van der Waals surface area contributed by atoms with Crippen LogP contribution in [0.2, 0.25) is 0 Å². The molecule has 0 unspecified atom stereocenters. The van der Waals surface area contributed by atoms with Gasteiger partial charge >= 0.3 is 0 Å². The van der Waals surface area contributed by atoms with E-state index in [1.165, 1.54) is 22.3 Å². The topological polar surface area (TPSA) is 88.9 Å². The van der Waals surface area contributed by atoms with Gasteiger partial charge in [-0.25, -0.2) is 18.1 Å². The summed E-state index contributed by atoms with van der Waals surface area (Å²) in [5, 5.41) is 7.19. The molecule has 0 spiro atoms. The molecule has 0 aromatic carbocycles. The standard InChI is InChI=1S/C11H17N5O2S2/c1-3-12-6-9-4-5-11(19-9)20(17,18)14-7-10-13-8-16(2)15-10/h4-5,8,12,14H,3,6-7H2,1-2H3. The summed E-state index contributed by atoms with van der Waals surface area (Å²) in [7, 11) is -1.77. The van der Waals surface area contributed by atoms with Crippen LogP contribution in [0.1, 0.15) is 17.6 Å². The van der Waals surface area contributed by atoms with E-state index < -0.39 is 10.0 Å². The fourth-order valence-electron chi connectivity index (χ4n) is 1.54. The van der Waals surface area contributed by atoms with Crippen molar-refractivity contribution in [2.75, 3.05) is 6.54 Å². The minimum Gasteiger partial charge on any atom is -0.312 e. The summed E-state index contributed by atoms with van der Waals surface area (Å²) in [6.07, 6.45) is 1.53. The van der Waals surface area contributed by atoms with Gasteiger partial charge in [-0.05, 0) is 18.7 Å². The summed E-state index contributed by atoms with van der Waals surface area (Å²) in [5.74, 6) is 0.445. The highest BCUT2D eigenvalue weighted by atomic mass is 32.2. The Balaban J connectivity index is 2.00. The first kappa shape index (κ1) is 15.1. The van der Waals surface area contributed by atoms with E-state index >= 15 is 0 Å². The highest BCUT2D eigenvalue weighted by Gasteiger charge is 2.17. The van der Waals surface area contributed by atoms with Crippen molar-refractivity contribution in [1.82, 2.24) is 24.8 Å². The zero-order valence-electron chi connectivity index (χ0n) is 11.3. The molecule has 7 nitrogen and oxygen atoms in total. The molecule has 0 radical (unpaired) electrons. The predicted octanol–water partition coefficient (Wildman–Crippen LogP) is 0.465. The van der Waals surface area contributed by atoms with Gasteiger partial charge in [0.2, 0.25) is 10.0 Å². The van der Waals surface area contributed by atoms with Crippen LogP contribution < -0.4 is 10.0 Å². The Morgan fingerprint density at radius 2 is 2.15 bits per heavy atom. The summed E-state index contributed by atoms with van der Waals surface area (Å²) in [6.45, 7) is 3.62. The largest absolute Gasteiger partial charge is 0.312 e. The molecule has 0 atom stereocenters. The molecule has 0 bridgehead atoms. The Morgan fingerprint density at radius 1 is 1.35 bits per heavy atom. The van der Waals surface area contributed by atoms with Crippen molar-refractivity contribution in [3.63, 3.8) is 0 Å². The number of nitrogens with zero attached hydrogens (tertiary/aromatic N) is 3. The normalized spacial score (nSPS) is 11.9.